The maximum Gasteiger partial charge on any atom is 0.262 e. The fraction of sp³-hybridized carbons (Fsp3) is 0.200. The number of imidazole rings is 1. The van der Waals surface area contributed by atoms with Gasteiger partial charge in [-0.3, -0.25) is 4.79 Å². The fourth-order valence-corrected chi connectivity index (χ4v) is 3.70. The highest BCUT2D eigenvalue weighted by molar-refractivity contribution is 5.90. The number of carbonyl (C=O) groups excluding carboxylic acids is 1. The third kappa shape index (κ3) is 3.60. The Labute approximate surface area is 175 Å². The molecule has 1 aromatic heterocycles. The molecule has 0 fully saturated rings. The normalized spacial score (nSPS) is 12.8. The Bertz CT molecular complexity index is 1060. The van der Waals surface area contributed by atoms with E-state index >= 15 is 0 Å². The smallest absolute Gasteiger partial charge is 0.262 e. The summed E-state index contributed by atoms with van der Waals surface area (Å²) in [6.45, 7) is 4.03. The molecule has 0 aliphatic rings. The zero-order valence-electron chi connectivity index (χ0n) is 17.0. The second-order valence-corrected chi connectivity index (χ2v) is 7.78. The van der Waals surface area contributed by atoms with Crippen LogP contribution in [0.25, 0.3) is 11.0 Å². The number of aromatic amines is 1. The van der Waals surface area contributed by atoms with E-state index in [0.717, 1.165) is 11.0 Å². The van der Waals surface area contributed by atoms with Gasteiger partial charge in [0.15, 0.2) is 5.60 Å². The minimum Gasteiger partial charge on any atom is -0.372 e. The predicted octanol–water partition coefficient (Wildman–Crippen LogP) is 4.31. The van der Waals surface area contributed by atoms with Gasteiger partial charge in [-0.25, -0.2) is 4.98 Å². The van der Waals surface area contributed by atoms with Crippen LogP contribution in [0.3, 0.4) is 0 Å². The molecule has 5 nitrogen and oxygen atoms in total. The molecule has 0 spiro atoms. The molecule has 30 heavy (non-hydrogen) atoms. The first-order valence-electron chi connectivity index (χ1n) is 10.1. The summed E-state index contributed by atoms with van der Waals surface area (Å²) in [5, 5.41) is 14.7. The zero-order valence-corrected chi connectivity index (χ0v) is 17.0. The van der Waals surface area contributed by atoms with Gasteiger partial charge in [0.1, 0.15) is 5.82 Å². The van der Waals surface area contributed by atoms with Gasteiger partial charge in [-0.2, -0.15) is 0 Å². The summed E-state index contributed by atoms with van der Waals surface area (Å²) in [5.74, 6) is 0.243. The van der Waals surface area contributed by atoms with Crippen molar-refractivity contribution in [3.63, 3.8) is 0 Å². The number of nitrogens with zero attached hydrogens (tertiary/aromatic N) is 1. The first-order chi connectivity index (χ1) is 14.5. The number of carbonyl (C=O) groups is 1. The van der Waals surface area contributed by atoms with Crippen molar-refractivity contribution in [1.29, 1.82) is 0 Å². The van der Waals surface area contributed by atoms with Gasteiger partial charge >= 0.3 is 0 Å². The minimum absolute atomic E-state index is 0.0605. The standard InChI is InChI=1S/C25H25N3O2/c1-17(2)22(23-26-20-15-9-10-16-21(20)27-23)28-24(29)25(30,18-11-5-3-6-12-18)19-13-7-4-8-14-19/h3-17,22,30H,1-2H3,(H,26,27)(H,28,29)/t22-/m0/s1. The predicted molar refractivity (Wildman–Crippen MR) is 118 cm³/mol. The van der Waals surface area contributed by atoms with Crippen molar-refractivity contribution < 1.29 is 9.90 Å². The number of rotatable bonds is 6. The number of aliphatic hydroxyl groups is 1. The van der Waals surface area contributed by atoms with Crippen LogP contribution in [0.4, 0.5) is 0 Å². The maximum atomic E-state index is 13.6. The Morgan fingerprint density at radius 2 is 1.43 bits per heavy atom. The van der Waals surface area contributed by atoms with Crippen molar-refractivity contribution >= 4 is 16.9 Å². The molecule has 4 rings (SSSR count). The number of benzene rings is 3. The summed E-state index contributed by atoms with van der Waals surface area (Å²) in [7, 11) is 0. The van der Waals surface area contributed by atoms with Crippen LogP contribution in [-0.2, 0) is 10.4 Å². The number of H-pyrrole nitrogens is 1. The van der Waals surface area contributed by atoms with Gasteiger partial charge < -0.3 is 15.4 Å². The van der Waals surface area contributed by atoms with Gasteiger partial charge in [0, 0.05) is 0 Å². The summed E-state index contributed by atoms with van der Waals surface area (Å²) in [6, 6.07) is 25.4. The third-order valence-electron chi connectivity index (χ3n) is 5.37. The monoisotopic (exact) mass is 399 g/mol. The SMILES string of the molecule is CC(C)[C@H](NC(=O)C(O)(c1ccccc1)c1ccccc1)c1nc2ccccc2[nH]1. The van der Waals surface area contributed by atoms with Crippen molar-refractivity contribution in [3.8, 4) is 0 Å². The van der Waals surface area contributed by atoms with E-state index in [2.05, 4.69) is 15.3 Å². The molecule has 1 atom stereocenters. The number of nitrogens with one attached hydrogen (secondary N) is 2. The molecule has 5 heteroatoms. The minimum atomic E-state index is -1.82. The lowest BCUT2D eigenvalue weighted by atomic mass is 9.85. The van der Waals surface area contributed by atoms with Crippen molar-refractivity contribution in [2.75, 3.05) is 0 Å². The van der Waals surface area contributed by atoms with Crippen LogP contribution in [0.1, 0.15) is 36.8 Å². The molecule has 0 saturated heterocycles. The lowest BCUT2D eigenvalue weighted by Gasteiger charge is -2.31. The van der Waals surface area contributed by atoms with Crippen LogP contribution >= 0.6 is 0 Å². The molecule has 4 aromatic rings. The van der Waals surface area contributed by atoms with Crippen LogP contribution in [0.15, 0.2) is 84.9 Å². The molecule has 3 aromatic carbocycles. The zero-order chi connectivity index (χ0) is 21.1. The second-order valence-electron chi connectivity index (χ2n) is 7.78. The lowest BCUT2D eigenvalue weighted by Crippen LogP contribution is -2.47. The maximum absolute atomic E-state index is 13.6. The highest BCUT2D eigenvalue weighted by atomic mass is 16.3. The average molecular weight is 399 g/mol. The number of hydrogen-bond donors (Lipinski definition) is 3. The van der Waals surface area contributed by atoms with Crippen molar-refractivity contribution in [2.24, 2.45) is 5.92 Å². The molecule has 0 aliphatic carbocycles. The molecule has 0 unspecified atom stereocenters. The van der Waals surface area contributed by atoms with Gasteiger partial charge in [-0.1, -0.05) is 86.6 Å². The molecule has 0 aliphatic heterocycles. The Morgan fingerprint density at radius 3 is 1.97 bits per heavy atom. The van der Waals surface area contributed by atoms with E-state index in [0.29, 0.717) is 17.0 Å². The van der Waals surface area contributed by atoms with E-state index in [1.54, 1.807) is 24.3 Å². The topological polar surface area (TPSA) is 78.0 Å². The Balaban J connectivity index is 1.73. The van der Waals surface area contributed by atoms with E-state index in [1.165, 1.54) is 0 Å². The van der Waals surface area contributed by atoms with Gasteiger partial charge in [0.2, 0.25) is 0 Å². The first kappa shape index (κ1) is 19.9. The number of amides is 1. The van der Waals surface area contributed by atoms with Gasteiger partial charge in [0.25, 0.3) is 5.91 Å². The number of fused-ring (bicyclic) bond motifs is 1. The first-order valence-corrected chi connectivity index (χ1v) is 10.1. The summed E-state index contributed by atoms with van der Waals surface area (Å²) in [6.07, 6.45) is 0. The molecule has 152 valence electrons. The van der Waals surface area contributed by atoms with Crippen LogP contribution in [0, 0.1) is 5.92 Å². The van der Waals surface area contributed by atoms with Gasteiger partial charge in [0.05, 0.1) is 17.1 Å². The average Bonchev–Trinajstić information content (AvgIpc) is 3.21. The summed E-state index contributed by atoms with van der Waals surface area (Å²) < 4.78 is 0. The molecule has 1 amide bonds. The largest absolute Gasteiger partial charge is 0.372 e. The number of aromatic nitrogens is 2. The molecule has 0 bridgehead atoms. The molecule has 0 radical (unpaired) electrons. The molecule has 0 saturated carbocycles. The highest BCUT2D eigenvalue weighted by Crippen LogP contribution is 2.32. The lowest BCUT2D eigenvalue weighted by molar-refractivity contribution is -0.138. The van der Waals surface area contributed by atoms with Crippen molar-refractivity contribution in [1.82, 2.24) is 15.3 Å². The van der Waals surface area contributed by atoms with E-state index in [-0.39, 0.29) is 12.0 Å². The summed E-state index contributed by atoms with van der Waals surface area (Å²) >= 11 is 0. The second kappa shape index (κ2) is 8.13. The van der Waals surface area contributed by atoms with E-state index in [9.17, 15) is 9.90 Å². The van der Waals surface area contributed by atoms with E-state index in [4.69, 9.17) is 0 Å². The Kier molecular flexibility index (Phi) is 5.38. The fourth-order valence-electron chi connectivity index (χ4n) is 3.70. The molecule has 1 heterocycles. The quantitative estimate of drug-likeness (QED) is 0.452. The van der Waals surface area contributed by atoms with E-state index in [1.807, 2.05) is 74.5 Å². The van der Waals surface area contributed by atoms with Crippen molar-refractivity contribution in [3.05, 3.63) is 102 Å². The molecule has 3 N–H and O–H groups in total. The summed E-state index contributed by atoms with van der Waals surface area (Å²) in [5.41, 5.74) is 0.964. The van der Waals surface area contributed by atoms with Crippen LogP contribution in [-0.4, -0.2) is 21.0 Å². The van der Waals surface area contributed by atoms with Crippen LogP contribution in [0.5, 0.6) is 0 Å². The van der Waals surface area contributed by atoms with Gasteiger partial charge in [-0.05, 0) is 29.2 Å². The highest BCUT2D eigenvalue weighted by Gasteiger charge is 2.41. The third-order valence-corrected chi connectivity index (χ3v) is 5.37. The summed E-state index contributed by atoms with van der Waals surface area (Å²) in [4.78, 5) is 21.5. The molecular formula is C25H25N3O2. The van der Waals surface area contributed by atoms with Crippen LogP contribution in [0.2, 0.25) is 0 Å². The number of hydrogen-bond acceptors (Lipinski definition) is 3. The van der Waals surface area contributed by atoms with E-state index < -0.39 is 11.5 Å². The molecular weight excluding hydrogens is 374 g/mol. The van der Waals surface area contributed by atoms with Gasteiger partial charge in [-0.15, -0.1) is 0 Å². The van der Waals surface area contributed by atoms with Crippen LogP contribution < -0.4 is 5.32 Å². The Morgan fingerprint density at radius 1 is 0.900 bits per heavy atom. The number of para-hydroxylation sites is 2. The Hall–Kier alpha value is -3.44. The van der Waals surface area contributed by atoms with Crippen molar-refractivity contribution in [2.45, 2.75) is 25.5 Å².